The van der Waals surface area contributed by atoms with Crippen molar-refractivity contribution in [1.29, 1.82) is 0 Å². The smallest absolute Gasteiger partial charge is 0.219 e. The van der Waals surface area contributed by atoms with Gasteiger partial charge in [-0.1, -0.05) is 38.5 Å². The zero-order chi connectivity index (χ0) is 15.6. The fraction of sp³-hybridized carbons (Fsp3) is 0.389. The van der Waals surface area contributed by atoms with Gasteiger partial charge in [0.1, 0.15) is 5.75 Å². The number of aryl methyl sites for hydroxylation is 1. The van der Waals surface area contributed by atoms with Gasteiger partial charge in [-0.2, -0.15) is 0 Å². The number of benzene rings is 1. The van der Waals surface area contributed by atoms with Crippen molar-refractivity contribution in [1.82, 2.24) is 4.98 Å². The summed E-state index contributed by atoms with van der Waals surface area (Å²) in [5, 5.41) is 9.65. The molecule has 0 aliphatic rings. The molecule has 0 aliphatic heterocycles. The van der Waals surface area contributed by atoms with E-state index in [0.29, 0.717) is 5.88 Å². The van der Waals surface area contributed by atoms with Crippen molar-refractivity contribution in [2.45, 2.75) is 46.1 Å². The number of ether oxygens (including phenoxy) is 1. The molecular weight excluding hydrogens is 262 g/mol. The van der Waals surface area contributed by atoms with E-state index in [2.05, 4.69) is 38.7 Å². The summed E-state index contributed by atoms with van der Waals surface area (Å²) >= 11 is 0. The van der Waals surface area contributed by atoms with Gasteiger partial charge in [0.2, 0.25) is 5.88 Å². The van der Waals surface area contributed by atoms with E-state index < -0.39 is 6.10 Å². The first kappa shape index (κ1) is 15.5. The molecule has 1 N–H and O–H groups in total. The first-order valence-electron chi connectivity index (χ1n) is 7.20. The molecule has 1 heterocycles. The van der Waals surface area contributed by atoms with Crippen molar-refractivity contribution in [3.05, 3.63) is 53.2 Å². The summed E-state index contributed by atoms with van der Waals surface area (Å²) in [5.41, 5.74) is 3.14. The molecule has 0 radical (unpaired) electrons. The van der Waals surface area contributed by atoms with E-state index in [1.54, 1.807) is 25.3 Å². The highest BCUT2D eigenvalue weighted by Gasteiger charge is 2.20. The van der Waals surface area contributed by atoms with Crippen LogP contribution in [0.2, 0.25) is 0 Å². The van der Waals surface area contributed by atoms with Crippen LogP contribution in [0.15, 0.2) is 36.5 Å². The van der Waals surface area contributed by atoms with Crippen LogP contribution in [0, 0.1) is 6.92 Å². The Labute approximate surface area is 126 Å². The molecule has 0 aliphatic carbocycles. The van der Waals surface area contributed by atoms with Gasteiger partial charge in [0.05, 0.1) is 6.10 Å². The minimum absolute atomic E-state index is 0.0107. The molecule has 2 rings (SSSR count). The molecule has 3 heteroatoms. The maximum Gasteiger partial charge on any atom is 0.219 e. The van der Waals surface area contributed by atoms with Crippen LogP contribution in [-0.2, 0) is 5.41 Å². The Balaban J connectivity index is 2.38. The minimum Gasteiger partial charge on any atom is -0.439 e. The van der Waals surface area contributed by atoms with E-state index in [-0.39, 0.29) is 5.41 Å². The lowest BCUT2D eigenvalue weighted by atomic mass is 9.85. The van der Waals surface area contributed by atoms with Crippen molar-refractivity contribution in [2.75, 3.05) is 0 Å². The van der Waals surface area contributed by atoms with Crippen LogP contribution in [0.5, 0.6) is 11.6 Å². The first-order valence-corrected chi connectivity index (χ1v) is 7.20. The average Bonchev–Trinajstić information content (AvgIpc) is 2.40. The Morgan fingerprint density at radius 3 is 2.48 bits per heavy atom. The Kier molecular flexibility index (Phi) is 4.33. The summed E-state index contributed by atoms with van der Waals surface area (Å²) in [6.45, 7) is 10.3. The zero-order valence-electron chi connectivity index (χ0n) is 13.3. The van der Waals surface area contributed by atoms with E-state index in [9.17, 15) is 5.11 Å². The SMILES string of the molecule is Cc1ccc(Oc2cc(C(C)O)ccn2)c(C(C)(C)C)c1. The number of hydrogen-bond donors (Lipinski definition) is 1. The van der Waals surface area contributed by atoms with Crippen molar-refractivity contribution in [2.24, 2.45) is 0 Å². The number of aliphatic hydroxyl groups is 1. The zero-order valence-corrected chi connectivity index (χ0v) is 13.3. The molecule has 0 amide bonds. The lowest BCUT2D eigenvalue weighted by Gasteiger charge is -2.23. The van der Waals surface area contributed by atoms with Crippen LogP contribution in [0.4, 0.5) is 0 Å². The molecule has 1 atom stereocenters. The average molecular weight is 285 g/mol. The second-order valence-electron chi connectivity index (χ2n) is 6.46. The predicted molar refractivity (Wildman–Crippen MR) is 84.8 cm³/mol. The van der Waals surface area contributed by atoms with E-state index >= 15 is 0 Å². The van der Waals surface area contributed by atoms with Crippen LogP contribution < -0.4 is 4.74 Å². The second-order valence-corrected chi connectivity index (χ2v) is 6.46. The van der Waals surface area contributed by atoms with Crippen molar-refractivity contribution in [3.8, 4) is 11.6 Å². The number of aliphatic hydroxyl groups excluding tert-OH is 1. The van der Waals surface area contributed by atoms with Crippen molar-refractivity contribution in [3.63, 3.8) is 0 Å². The Hall–Kier alpha value is -1.87. The van der Waals surface area contributed by atoms with Crippen LogP contribution in [0.3, 0.4) is 0 Å². The van der Waals surface area contributed by atoms with Gasteiger partial charge in [-0.25, -0.2) is 4.98 Å². The fourth-order valence-corrected chi connectivity index (χ4v) is 2.17. The maximum atomic E-state index is 9.65. The summed E-state index contributed by atoms with van der Waals surface area (Å²) < 4.78 is 5.96. The molecule has 3 nitrogen and oxygen atoms in total. The molecule has 1 aromatic carbocycles. The van der Waals surface area contributed by atoms with E-state index in [0.717, 1.165) is 16.9 Å². The molecule has 112 valence electrons. The number of hydrogen-bond acceptors (Lipinski definition) is 3. The maximum absolute atomic E-state index is 9.65. The Morgan fingerprint density at radius 2 is 1.86 bits per heavy atom. The molecule has 0 bridgehead atoms. The lowest BCUT2D eigenvalue weighted by molar-refractivity contribution is 0.198. The van der Waals surface area contributed by atoms with Gasteiger partial charge in [0.25, 0.3) is 0 Å². The monoisotopic (exact) mass is 285 g/mol. The number of rotatable bonds is 3. The molecule has 2 aromatic rings. The van der Waals surface area contributed by atoms with Crippen LogP contribution in [0.1, 0.15) is 50.5 Å². The molecular formula is C18H23NO2. The van der Waals surface area contributed by atoms with Gasteiger partial charge in [-0.15, -0.1) is 0 Å². The van der Waals surface area contributed by atoms with Gasteiger partial charge >= 0.3 is 0 Å². The van der Waals surface area contributed by atoms with Gasteiger partial charge in [0.15, 0.2) is 0 Å². The van der Waals surface area contributed by atoms with E-state index in [1.807, 2.05) is 12.1 Å². The summed E-state index contributed by atoms with van der Waals surface area (Å²) in [4.78, 5) is 4.23. The molecule has 1 unspecified atom stereocenters. The topological polar surface area (TPSA) is 42.4 Å². The van der Waals surface area contributed by atoms with Crippen molar-refractivity contribution >= 4 is 0 Å². The van der Waals surface area contributed by atoms with E-state index in [1.165, 1.54) is 5.56 Å². The largest absolute Gasteiger partial charge is 0.439 e. The molecule has 21 heavy (non-hydrogen) atoms. The van der Waals surface area contributed by atoms with Crippen LogP contribution in [-0.4, -0.2) is 10.1 Å². The van der Waals surface area contributed by atoms with Crippen LogP contribution in [0.25, 0.3) is 0 Å². The van der Waals surface area contributed by atoms with E-state index in [4.69, 9.17) is 4.74 Å². The fourth-order valence-electron chi connectivity index (χ4n) is 2.17. The van der Waals surface area contributed by atoms with Crippen LogP contribution >= 0.6 is 0 Å². The summed E-state index contributed by atoms with van der Waals surface area (Å²) in [5.74, 6) is 1.31. The van der Waals surface area contributed by atoms with Gasteiger partial charge in [-0.3, -0.25) is 0 Å². The summed E-state index contributed by atoms with van der Waals surface area (Å²) in [6.07, 6.45) is 1.12. The highest BCUT2D eigenvalue weighted by Crippen LogP contribution is 2.34. The molecule has 1 aromatic heterocycles. The highest BCUT2D eigenvalue weighted by molar-refractivity contribution is 5.43. The molecule has 0 saturated heterocycles. The van der Waals surface area contributed by atoms with Gasteiger partial charge in [0, 0.05) is 17.8 Å². The highest BCUT2D eigenvalue weighted by atomic mass is 16.5. The quantitative estimate of drug-likeness (QED) is 0.900. The third-order valence-corrected chi connectivity index (χ3v) is 3.40. The Morgan fingerprint density at radius 1 is 1.14 bits per heavy atom. The summed E-state index contributed by atoms with van der Waals surface area (Å²) in [7, 11) is 0. The third-order valence-electron chi connectivity index (χ3n) is 3.40. The first-order chi connectivity index (χ1) is 9.77. The molecule has 0 spiro atoms. The third kappa shape index (κ3) is 3.82. The standard InChI is InChI=1S/C18H23NO2/c1-12-6-7-16(15(10-12)18(3,4)5)21-17-11-14(13(2)20)8-9-19-17/h6-11,13,20H,1-5H3. The Bertz CT molecular complexity index is 627. The predicted octanol–water partition coefficient (Wildman–Crippen LogP) is 4.53. The van der Waals surface area contributed by atoms with Gasteiger partial charge in [-0.05, 0) is 37.0 Å². The summed E-state index contributed by atoms with van der Waals surface area (Å²) in [6, 6.07) is 9.72. The molecule has 0 fully saturated rings. The second kappa shape index (κ2) is 5.86. The molecule has 0 saturated carbocycles. The number of nitrogens with zero attached hydrogens (tertiary/aromatic N) is 1. The van der Waals surface area contributed by atoms with Gasteiger partial charge < -0.3 is 9.84 Å². The normalized spacial score (nSPS) is 13.0. The number of pyridine rings is 1. The number of aromatic nitrogens is 1. The van der Waals surface area contributed by atoms with Crippen molar-refractivity contribution < 1.29 is 9.84 Å². The minimum atomic E-state index is -0.532. The lowest BCUT2D eigenvalue weighted by Crippen LogP contribution is -2.13.